The van der Waals surface area contributed by atoms with Crippen molar-refractivity contribution in [2.45, 2.75) is 6.61 Å². The summed E-state index contributed by atoms with van der Waals surface area (Å²) < 4.78 is 39.3. The summed E-state index contributed by atoms with van der Waals surface area (Å²) in [6.45, 7) is -0.441. The molecule has 5 nitrogen and oxygen atoms in total. The number of nitrogens with zero attached hydrogens (tertiary/aromatic N) is 1. The van der Waals surface area contributed by atoms with Gasteiger partial charge in [-0.1, -0.05) is 12.1 Å². The molecule has 0 fully saturated rings. The molecule has 16 heavy (non-hydrogen) atoms. The van der Waals surface area contributed by atoms with E-state index >= 15 is 0 Å². The van der Waals surface area contributed by atoms with Crippen molar-refractivity contribution in [3.8, 4) is 0 Å². The predicted molar refractivity (Wildman–Crippen MR) is 58.6 cm³/mol. The molecule has 7 heteroatoms. The quantitative estimate of drug-likeness (QED) is 0.817. The summed E-state index contributed by atoms with van der Waals surface area (Å²) in [5.41, 5.74) is -0.0378. The van der Waals surface area contributed by atoms with E-state index in [-0.39, 0.29) is 11.3 Å². The number of benzene rings is 1. The summed E-state index contributed by atoms with van der Waals surface area (Å²) in [5.74, 6) is -0.725. The lowest BCUT2D eigenvalue weighted by Gasteiger charge is -2.15. The Labute approximate surface area is 93.7 Å². The number of anilines is 1. The van der Waals surface area contributed by atoms with Crippen molar-refractivity contribution in [3.05, 3.63) is 29.6 Å². The summed E-state index contributed by atoms with van der Waals surface area (Å²) in [7, 11) is -1.13. The van der Waals surface area contributed by atoms with Gasteiger partial charge in [0.1, 0.15) is 5.82 Å². The fraction of sp³-hybridized carbons (Fsp3) is 0.333. The Balaban J connectivity index is 3.15. The monoisotopic (exact) mass is 248 g/mol. The molecule has 1 aromatic carbocycles. The van der Waals surface area contributed by atoms with Crippen LogP contribution in [0.3, 0.4) is 0 Å². The number of nitrogens with one attached hydrogen (secondary N) is 1. The van der Waals surface area contributed by atoms with Crippen LogP contribution in [-0.2, 0) is 16.8 Å². The van der Waals surface area contributed by atoms with Crippen molar-refractivity contribution in [3.63, 3.8) is 0 Å². The minimum atomic E-state index is -3.77. The lowest BCUT2D eigenvalue weighted by Crippen LogP contribution is -2.29. The second-order valence-corrected chi connectivity index (χ2v) is 5.21. The first-order chi connectivity index (χ1) is 7.38. The molecule has 0 atom stereocenters. The molecule has 0 unspecified atom stereocenters. The van der Waals surface area contributed by atoms with Gasteiger partial charge in [-0.25, -0.2) is 4.39 Å². The number of halogens is 1. The van der Waals surface area contributed by atoms with E-state index in [0.29, 0.717) is 0 Å². The van der Waals surface area contributed by atoms with Gasteiger partial charge in [-0.3, -0.25) is 4.72 Å². The first kappa shape index (κ1) is 12.9. The van der Waals surface area contributed by atoms with Crippen molar-refractivity contribution in [2.24, 2.45) is 0 Å². The van der Waals surface area contributed by atoms with Gasteiger partial charge in [0.05, 0.1) is 12.3 Å². The maximum absolute atomic E-state index is 13.4. The van der Waals surface area contributed by atoms with Gasteiger partial charge in [-0.2, -0.15) is 12.7 Å². The molecule has 90 valence electrons. The first-order valence-electron chi connectivity index (χ1n) is 4.47. The van der Waals surface area contributed by atoms with Gasteiger partial charge in [0.15, 0.2) is 0 Å². The number of aliphatic hydroxyl groups excluding tert-OH is 1. The van der Waals surface area contributed by atoms with E-state index in [4.69, 9.17) is 5.11 Å². The summed E-state index contributed by atoms with van der Waals surface area (Å²) in [6, 6.07) is 3.96. The number of hydrogen-bond acceptors (Lipinski definition) is 3. The van der Waals surface area contributed by atoms with E-state index in [1.165, 1.54) is 26.2 Å². The fourth-order valence-corrected chi connectivity index (χ4v) is 1.70. The minimum absolute atomic E-state index is 0.186. The Kier molecular flexibility index (Phi) is 3.84. The number of aliphatic hydroxyl groups is 1. The maximum Gasteiger partial charge on any atom is 0.301 e. The molecule has 0 aliphatic rings. The Bertz CT molecular complexity index is 474. The second kappa shape index (κ2) is 4.77. The number of para-hydroxylation sites is 1. The summed E-state index contributed by atoms with van der Waals surface area (Å²) >= 11 is 0. The molecule has 1 rings (SSSR count). The predicted octanol–water partition coefficient (Wildman–Crippen LogP) is 0.536. The normalized spacial score (nSPS) is 11.8. The van der Waals surface area contributed by atoms with Crippen LogP contribution >= 0.6 is 0 Å². The third kappa shape index (κ3) is 2.69. The van der Waals surface area contributed by atoms with Crippen LogP contribution in [0.2, 0.25) is 0 Å². The Morgan fingerprint density at radius 3 is 2.56 bits per heavy atom. The van der Waals surface area contributed by atoms with E-state index in [1.54, 1.807) is 0 Å². The molecule has 0 saturated heterocycles. The molecular weight excluding hydrogens is 235 g/mol. The van der Waals surface area contributed by atoms with E-state index in [1.807, 2.05) is 0 Å². The van der Waals surface area contributed by atoms with Crippen LogP contribution in [0.5, 0.6) is 0 Å². The van der Waals surface area contributed by atoms with Gasteiger partial charge < -0.3 is 5.11 Å². The van der Waals surface area contributed by atoms with Crippen LogP contribution in [0.15, 0.2) is 18.2 Å². The zero-order chi connectivity index (χ0) is 12.3. The third-order valence-corrected chi connectivity index (χ3v) is 3.41. The minimum Gasteiger partial charge on any atom is -0.392 e. The average Bonchev–Trinajstić information content (AvgIpc) is 2.20. The van der Waals surface area contributed by atoms with Gasteiger partial charge in [-0.15, -0.1) is 0 Å². The molecule has 0 aromatic heterocycles. The highest BCUT2D eigenvalue weighted by molar-refractivity contribution is 7.90. The van der Waals surface area contributed by atoms with Crippen molar-refractivity contribution in [2.75, 3.05) is 18.8 Å². The number of rotatable bonds is 4. The standard InChI is InChI=1S/C9H13FN2O3S/c1-12(2)16(14,15)11-9-7(6-13)4-3-5-8(9)10/h3-5,11,13H,6H2,1-2H3. The topological polar surface area (TPSA) is 69.6 Å². The Morgan fingerprint density at radius 2 is 2.06 bits per heavy atom. The van der Waals surface area contributed by atoms with Crippen LogP contribution in [0.1, 0.15) is 5.56 Å². The molecule has 0 amide bonds. The van der Waals surface area contributed by atoms with Crippen molar-refractivity contribution in [1.29, 1.82) is 0 Å². The van der Waals surface area contributed by atoms with Crippen molar-refractivity contribution in [1.82, 2.24) is 4.31 Å². The smallest absolute Gasteiger partial charge is 0.301 e. The van der Waals surface area contributed by atoms with E-state index in [0.717, 1.165) is 10.4 Å². The van der Waals surface area contributed by atoms with Gasteiger partial charge in [-0.05, 0) is 6.07 Å². The highest BCUT2D eigenvalue weighted by Gasteiger charge is 2.17. The summed E-state index contributed by atoms with van der Waals surface area (Å²) in [4.78, 5) is 0. The summed E-state index contributed by atoms with van der Waals surface area (Å²) in [6.07, 6.45) is 0. The average molecular weight is 248 g/mol. The van der Waals surface area contributed by atoms with Crippen LogP contribution in [0.4, 0.5) is 10.1 Å². The lowest BCUT2D eigenvalue weighted by molar-refractivity contribution is 0.282. The lowest BCUT2D eigenvalue weighted by atomic mass is 10.2. The van der Waals surface area contributed by atoms with E-state index < -0.39 is 22.6 Å². The van der Waals surface area contributed by atoms with Gasteiger partial charge >= 0.3 is 10.2 Å². The SMILES string of the molecule is CN(C)S(=O)(=O)Nc1c(F)cccc1CO. The van der Waals surface area contributed by atoms with Gasteiger partial charge in [0.25, 0.3) is 0 Å². The van der Waals surface area contributed by atoms with Crippen molar-refractivity contribution < 1.29 is 17.9 Å². The molecule has 0 spiro atoms. The molecule has 0 radical (unpaired) electrons. The van der Waals surface area contributed by atoms with E-state index in [2.05, 4.69) is 4.72 Å². The first-order valence-corrected chi connectivity index (χ1v) is 5.91. The highest BCUT2D eigenvalue weighted by Crippen LogP contribution is 2.21. The molecule has 0 aliphatic heterocycles. The molecule has 1 aromatic rings. The Morgan fingerprint density at radius 1 is 1.44 bits per heavy atom. The third-order valence-electron chi connectivity index (χ3n) is 1.98. The number of hydrogen-bond donors (Lipinski definition) is 2. The Hall–Kier alpha value is -1.18. The molecule has 0 heterocycles. The zero-order valence-electron chi connectivity index (χ0n) is 8.94. The molecule has 2 N–H and O–H groups in total. The van der Waals surface area contributed by atoms with Crippen molar-refractivity contribution >= 4 is 15.9 Å². The molecule has 0 bridgehead atoms. The van der Waals surface area contributed by atoms with Crippen LogP contribution in [-0.4, -0.2) is 31.9 Å². The fourth-order valence-electron chi connectivity index (χ4n) is 1.04. The van der Waals surface area contributed by atoms with Crippen LogP contribution in [0.25, 0.3) is 0 Å². The zero-order valence-corrected chi connectivity index (χ0v) is 9.75. The van der Waals surface area contributed by atoms with E-state index in [9.17, 15) is 12.8 Å². The summed E-state index contributed by atoms with van der Waals surface area (Å²) in [5, 5.41) is 8.96. The second-order valence-electron chi connectivity index (χ2n) is 3.32. The molecule has 0 saturated carbocycles. The maximum atomic E-state index is 13.4. The van der Waals surface area contributed by atoms with Gasteiger partial charge in [0.2, 0.25) is 0 Å². The largest absolute Gasteiger partial charge is 0.392 e. The van der Waals surface area contributed by atoms with Crippen LogP contribution in [0, 0.1) is 5.82 Å². The highest BCUT2D eigenvalue weighted by atomic mass is 32.2. The van der Waals surface area contributed by atoms with Crippen LogP contribution < -0.4 is 4.72 Å². The molecular formula is C9H13FN2O3S. The van der Waals surface area contributed by atoms with Gasteiger partial charge in [0, 0.05) is 19.7 Å². The molecule has 0 aliphatic carbocycles.